The van der Waals surface area contributed by atoms with Crippen molar-refractivity contribution in [3.05, 3.63) is 0 Å². The standard InChI is InChI=1S/C14H29N3O3S/c1-2-20-11-5-9-16-21(18,19)17-10-4-3-6-14(17)12-15-13-7-8-13/h13-16H,2-12H2,1H3. The van der Waals surface area contributed by atoms with Crippen LogP contribution in [-0.2, 0) is 14.9 Å². The fraction of sp³-hybridized carbons (Fsp3) is 1.00. The molecule has 1 unspecified atom stereocenters. The van der Waals surface area contributed by atoms with Crippen LogP contribution in [0.4, 0.5) is 0 Å². The third-order valence-electron chi connectivity index (χ3n) is 4.06. The number of piperidine rings is 1. The first-order chi connectivity index (χ1) is 10.1. The molecule has 1 heterocycles. The molecule has 1 atom stereocenters. The lowest BCUT2D eigenvalue weighted by Gasteiger charge is -2.34. The quantitative estimate of drug-likeness (QED) is 0.586. The van der Waals surface area contributed by atoms with E-state index in [4.69, 9.17) is 4.74 Å². The van der Waals surface area contributed by atoms with Crippen molar-refractivity contribution < 1.29 is 13.2 Å². The molecule has 124 valence electrons. The fourth-order valence-electron chi connectivity index (χ4n) is 2.69. The molecule has 0 radical (unpaired) electrons. The van der Waals surface area contributed by atoms with Gasteiger partial charge in [-0.3, -0.25) is 0 Å². The molecule has 1 saturated heterocycles. The van der Waals surface area contributed by atoms with Crippen LogP contribution in [0.1, 0.15) is 45.4 Å². The summed E-state index contributed by atoms with van der Waals surface area (Å²) >= 11 is 0. The van der Waals surface area contributed by atoms with Crippen LogP contribution >= 0.6 is 0 Å². The van der Waals surface area contributed by atoms with Crippen molar-refractivity contribution in [1.82, 2.24) is 14.3 Å². The van der Waals surface area contributed by atoms with Gasteiger partial charge in [0.15, 0.2) is 0 Å². The van der Waals surface area contributed by atoms with E-state index >= 15 is 0 Å². The van der Waals surface area contributed by atoms with Gasteiger partial charge in [0.25, 0.3) is 10.2 Å². The Hall–Kier alpha value is -0.210. The van der Waals surface area contributed by atoms with Crippen molar-refractivity contribution >= 4 is 10.2 Å². The summed E-state index contributed by atoms with van der Waals surface area (Å²) in [5.41, 5.74) is 0. The molecular formula is C14H29N3O3S. The van der Waals surface area contributed by atoms with Gasteiger partial charge < -0.3 is 10.1 Å². The van der Waals surface area contributed by atoms with Gasteiger partial charge in [-0.2, -0.15) is 12.7 Å². The van der Waals surface area contributed by atoms with Crippen LogP contribution in [0.5, 0.6) is 0 Å². The molecule has 0 aromatic carbocycles. The Morgan fingerprint density at radius 1 is 1.24 bits per heavy atom. The maximum absolute atomic E-state index is 12.4. The lowest BCUT2D eigenvalue weighted by Crippen LogP contribution is -2.52. The minimum atomic E-state index is -3.36. The van der Waals surface area contributed by atoms with Gasteiger partial charge in [-0.15, -0.1) is 0 Å². The Kier molecular flexibility index (Phi) is 6.88. The van der Waals surface area contributed by atoms with E-state index < -0.39 is 10.2 Å². The van der Waals surface area contributed by atoms with Crippen molar-refractivity contribution in [3.8, 4) is 0 Å². The average Bonchev–Trinajstić information content (AvgIpc) is 3.29. The van der Waals surface area contributed by atoms with Gasteiger partial charge in [-0.05, 0) is 39.0 Å². The summed E-state index contributed by atoms with van der Waals surface area (Å²) in [5, 5.41) is 3.46. The number of rotatable bonds is 10. The number of nitrogens with zero attached hydrogens (tertiary/aromatic N) is 1. The molecule has 1 aliphatic carbocycles. The molecule has 0 spiro atoms. The maximum Gasteiger partial charge on any atom is 0.279 e. The first-order valence-electron chi connectivity index (χ1n) is 8.21. The lowest BCUT2D eigenvalue weighted by molar-refractivity contribution is 0.145. The van der Waals surface area contributed by atoms with Crippen LogP contribution in [0.3, 0.4) is 0 Å². The van der Waals surface area contributed by atoms with Crippen molar-refractivity contribution in [1.29, 1.82) is 0 Å². The Balaban J connectivity index is 1.79. The normalized spacial score (nSPS) is 24.3. The maximum atomic E-state index is 12.4. The minimum Gasteiger partial charge on any atom is -0.382 e. The molecule has 0 aromatic rings. The van der Waals surface area contributed by atoms with Gasteiger partial charge in [0.1, 0.15) is 0 Å². The first-order valence-corrected chi connectivity index (χ1v) is 9.65. The molecule has 0 bridgehead atoms. The molecule has 6 nitrogen and oxygen atoms in total. The Morgan fingerprint density at radius 3 is 2.76 bits per heavy atom. The largest absolute Gasteiger partial charge is 0.382 e. The van der Waals surface area contributed by atoms with E-state index in [0.29, 0.717) is 38.8 Å². The van der Waals surface area contributed by atoms with E-state index in [1.165, 1.54) is 12.8 Å². The Morgan fingerprint density at radius 2 is 2.05 bits per heavy atom. The average molecular weight is 319 g/mol. The van der Waals surface area contributed by atoms with Gasteiger partial charge in [-0.1, -0.05) is 6.42 Å². The topological polar surface area (TPSA) is 70.7 Å². The smallest absolute Gasteiger partial charge is 0.279 e. The molecule has 7 heteroatoms. The number of nitrogens with one attached hydrogen (secondary N) is 2. The fourth-order valence-corrected chi connectivity index (χ4v) is 4.20. The summed E-state index contributed by atoms with van der Waals surface area (Å²) in [6, 6.07) is 0.722. The van der Waals surface area contributed by atoms with Crippen LogP contribution in [0.15, 0.2) is 0 Å². The molecule has 2 N–H and O–H groups in total. The highest BCUT2D eigenvalue weighted by molar-refractivity contribution is 7.87. The van der Waals surface area contributed by atoms with Crippen molar-refractivity contribution in [3.63, 3.8) is 0 Å². The summed E-state index contributed by atoms with van der Waals surface area (Å²) in [6.45, 7) is 5.08. The molecule has 1 aliphatic heterocycles. The van der Waals surface area contributed by atoms with Gasteiger partial charge in [0.05, 0.1) is 0 Å². The minimum absolute atomic E-state index is 0.101. The second kappa shape index (κ2) is 8.43. The van der Waals surface area contributed by atoms with Crippen LogP contribution in [0.2, 0.25) is 0 Å². The van der Waals surface area contributed by atoms with E-state index in [2.05, 4.69) is 10.0 Å². The van der Waals surface area contributed by atoms with Crippen molar-refractivity contribution in [2.24, 2.45) is 0 Å². The van der Waals surface area contributed by atoms with Gasteiger partial charge in [0.2, 0.25) is 0 Å². The van der Waals surface area contributed by atoms with Crippen LogP contribution in [0, 0.1) is 0 Å². The van der Waals surface area contributed by atoms with Crippen LogP contribution in [0.25, 0.3) is 0 Å². The molecule has 2 aliphatic rings. The van der Waals surface area contributed by atoms with E-state index in [0.717, 1.165) is 25.8 Å². The molecular weight excluding hydrogens is 290 g/mol. The Labute approximate surface area is 128 Å². The summed E-state index contributed by atoms with van der Waals surface area (Å²) < 4.78 is 34.5. The zero-order valence-corrected chi connectivity index (χ0v) is 13.8. The molecule has 2 fully saturated rings. The van der Waals surface area contributed by atoms with E-state index in [1.807, 2.05) is 6.92 Å². The van der Waals surface area contributed by atoms with Crippen molar-refractivity contribution in [2.45, 2.75) is 57.5 Å². The van der Waals surface area contributed by atoms with Gasteiger partial charge >= 0.3 is 0 Å². The van der Waals surface area contributed by atoms with E-state index in [9.17, 15) is 8.42 Å². The highest BCUT2D eigenvalue weighted by Gasteiger charge is 2.33. The second-order valence-corrected chi connectivity index (χ2v) is 7.60. The predicted molar refractivity (Wildman–Crippen MR) is 83.4 cm³/mol. The predicted octanol–water partition coefficient (Wildman–Crippen LogP) is 0.854. The highest BCUT2D eigenvalue weighted by Crippen LogP contribution is 2.22. The number of ether oxygens (including phenoxy) is 1. The second-order valence-electron chi connectivity index (χ2n) is 5.89. The van der Waals surface area contributed by atoms with Crippen LogP contribution in [-0.4, -0.2) is 57.7 Å². The monoisotopic (exact) mass is 319 g/mol. The van der Waals surface area contributed by atoms with Gasteiger partial charge in [-0.25, -0.2) is 4.72 Å². The zero-order chi connectivity index (χ0) is 15.1. The molecule has 1 saturated carbocycles. The summed E-state index contributed by atoms with van der Waals surface area (Å²) in [4.78, 5) is 0. The Bertz CT molecular complexity index is 398. The lowest BCUT2D eigenvalue weighted by atomic mass is 10.1. The number of hydrogen-bond acceptors (Lipinski definition) is 4. The summed E-state index contributed by atoms with van der Waals surface area (Å²) in [5.74, 6) is 0. The SMILES string of the molecule is CCOCCCNS(=O)(=O)N1CCCCC1CNC1CC1. The highest BCUT2D eigenvalue weighted by atomic mass is 32.2. The van der Waals surface area contributed by atoms with Crippen molar-refractivity contribution in [2.75, 3.05) is 32.8 Å². The molecule has 2 rings (SSSR count). The molecule has 21 heavy (non-hydrogen) atoms. The molecule has 0 amide bonds. The number of hydrogen-bond donors (Lipinski definition) is 2. The summed E-state index contributed by atoms with van der Waals surface area (Å²) in [6.07, 6.45) is 6.21. The molecule has 0 aromatic heterocycles. The van der Waals surface area contributed by atoms with E-state index in [-0.39, 0.29) is 6.04 Å². The first kappa shape index (κ1) is 17.1. The zero-order valence-electron chi connectivity index (χ0n) is 13.0. The third kappa shape index (κ3) is 5.83. The third-order valence-corrected chi connectivity index (χ3v) is 5.72. The van der Waals surface area contributed by atoms with E-state index in [1.54, 1.807) is 4.31 Å². The van der Waals surface area contributed by atoms with Gasteiger partial charge in [0, 0.05) is 44.9 Å². The van der Waals surface area contributed by atoms with Crippen LogP contribution < -0.4 is 10.0 Å². The summed E-state index contributed by atoms with van der Waals surface area (Å²) in [7, 11) is -3.36.